The third kappa shape index (κ3) is 3.61. The van der Waals surface area contributed by atoms with Gasteiger partial charge < -0.3 is 5.32 Å². The molecule has 1 N–H and O–H groups in total. The van der Waals surface area contributed by atoms with Gasteiger partial charge in [0, 0.05) is 35.4 Å². The molecule has 3 nitrogen and oxygen atoms in total. The van der Waals surface area contributed by atoms with Gasteiger partial charge in [-0.1, -0.05) is 31.2 Å². The Bertz CT molecular complexity index is 784. The van der Waals surface area contributed by atoms with E-state index < -0.39 is 0 Å². The number of rotatable bonds is 4. The highest BCUT2D eigenvalue weighted by Crippen LogP contribution is 2.36. The van der Waals surface area contributed by atoms with Crippen molar-refractivity contribution < 1.29 is 0 Å². The second kappa shape index (κ2) is 7.65. The van der Waals surface area contributed by atoms with Gasteiger partial charge in [0.15, 0.2) is 0 Å². The number of aryl methyl sites for hydroxylation is 1. The molecule has 0 bridgehead atoms. The van der Waals surface area contributed by atoms with Gasteiger partial charge in [0.05, 0.1) is 11.7 Å². The van der Waals surface area contributed by atoms with Crippen LogP contribution >= 0.6 is 11.3 Å². The average molecular weight is 352 g/mol. The number of fused-ring (bicyclic) bond motifs is 1. The maximum atomic E-state index is 4.85. The Morgan fingerprint density at radius 2 is 2.08 bits per heavy atom. The zero-order chi connectivity index (χ0) is 17.1. The molecule has 0 radical (unpaired) electrons. The maximum absolute atomic E-state index is 4.85. The van der Waals surface area contributed by atoms with Gasteiger partial charge in [0.25, 0.3) is 0 Å². The van der Waals surface area contributed by atoms with E-state index in [2.05, 4.69) is 59.6 Å². The largest absolute Gasteiger partial charge is 0.315 e. The molecule has 1 unspecified atom stereocenters. The topological polar surface area (TPSA) is 28.2 Å². The molecule has 4 heteroatoms. The zero-order valence-corrected chi connectivity index (χ0v) is 15.6. The van der Waals surface area contributed by atoms with Crippen LogP contribution in [0.2, 0.25) is 0 Å². The van der Waals surface area contributed by atoms with Crippen molar-refractivity contribution in [2.75, 3.05) is 26.2 Å². The molecule has 1 aliphatic heterocycles. The summed E-state index contributed by atoms with van der Waals surface area (Å²) in [5.74, 6) is 0. The minimum atomic E-state index is 0.253. The standard InChI is InChI=1S/C21H25N3S/c1-2-16-8-9-18(23-15-16)21(24-12-5-10-22-11-13-24)20-14-17-6-3-4-7-19(17)25-20/h3-4,6-9,14-15,21-22H,2,5,10-13H2,1H3. The molecule has 3 heterocycles. The van der Waals surface area contributed by atoms with E-state index in [1.807, 2.05) is 17.5 Å². The Hall–Kier alpha value is -1.75. The quantitative estimate of drug-likeness (QED) is 0.762. The SMILES string of the molecule is CCc1ccc(C(c2cc3ccccc3s2)N2CCCNCC2)nc1. The molecule has 1 aliphatic rings. The number of benzene rings is 1. The minimum absolute atomic E-state index is 0.253. The van der Waals surface area contributed by atoms with Crippen LogP contribution in [0.15, 0.2) is 48.7 Å². The molecule has 0 aliphatic carbocycles. The van der Waals surface area contributed by atoms with Gasteiger partial charge in [-0.25, -0.2) is 0 Å². The van der Waals surface area contributed by atoms with Gasteiger partial charge in [-0.05, 0) is 48.5 Å². The highest BCUT2D eigenvalue weighted by molar-refractivity contribution is 7.19. The maximum Gasteiger partial charge on any atom is 0.0870 e. The van der Waals surface area contributed by atoms with Crippen LogP contribution < -0.4 is 5.32 Å². The number of hydrogen-bond acceptors (Lipinski definition) is 4. The van der Waals surface area contributed by atoms with Gasteiger partial charge in [-0.3, -0.25) is 9.88 Å². The summed E-state index contributed by atoms with van der Waals surface area (Å²) in [4.78, 5) is 8.85. The Kier molecular flexibility index (Phi) is 5.11. The van der Waals surface area contributed by atoms with E-state index in [-0.39, 0.29) is 6.04 Å². The van der Waals surface area contributed by atoms with Crippen molar-refractivity contribution in [1.82, 2.24) is 15.2 Å². The number of pyridine rings is 1. The highest BCUT2D eigenvalue weighted by Gasteiger charge is 2.26. The van der Waals surface area contributed by atoms with Crippen molar-refractivity contribution in [2.24, 2.45) is 0 Å². The monoisotopic (exact) mass is 351 g/mol. The number of aromatic nitrogens is 1. The molecule has 1 atom stereocenters. The summed E-state index contributed by atoms with van der Waals surface area (Å²) in [6, 6.07) is 15.8. The first kappa shape index (κ1) is 16.7. The first-order chi connectivity index (χ1) is 12.3. The molecular weight excluding hydrogens is 326 g/mol. The number of hydrogen-bond donors (Lipinski definition) is 1. The van der Waals surface area contributed by atoms with E-state index >= 15 is 0 Å². The first-order valence-electron chi connectivity index (χ1n) is 9.23. The van der Waals surface area contributed by atoms with E-state index in [1.54, 1.807) is 0 Å². The first-order valence-corrected chi connectivity index (χ1v) is 10.0. The molecular formula is C21H25N3S. The van der Waals surface area contributed by atoms with Gasteiger partial charge in [-0.2, -0.15) is 0 Å². The van der Waals surface area contributed by atoms with Crippen LogP contribution in [0.5, 0.6) is 0 Å². The summed E-state index contributed by atoms with van der Waals surface area (Å²) in [7, 11) is 0. The molecule has 25 heavy (non-hydrogen) atoms. The summed E-state index contributed by atoms with van der Waals surface area (Å²) in [5, 5.41) is 4.86. The summed E-state index contributed by atoms with van der Waals surface area (Å²) in [6.07, 6.45) is 4.27. The van der Waals surface area contributed by atoms with Crippen molar-refractivity contribution >= 4 is 21.4 Å². The van der Waals surface area contributed by atoms with Crippen LogP contribution in [0.1, 0.15) is 35.5 Å². The Balaban J connectivity index is 1.75. The number of nitrogens with one attached hydrogen (secondary N) is 1. The molecule has 1 fully saturated rings. The van der Waals surface area contributed by atoms with Gasteiger partial charge >= 0.3 is 0 Å². The molecule has 0 amide bonds. The van der Waals surface area contributed by atoms with Gasteiger partial charge in [-0.15, -0.1) is 11.3 Å². The molecule has 2 aromatic heterocycles. The smallest absolute Gasteiger partial charge is 0.0870 e. The van der Waals surface area contributed by atoms with Crippen LogP contribution in [0.25, 0.3) is 10.1 Å². The van der Waals surface area contributed by atoms with Crippen LogP contribution in [0.4, 0.5) is 0 Å². The molecule has 4 rings (SSSR count). The average Bonchev–Trinajstić information content (AvgIpc) is 2.89. The molecule has 0 saturated carbocycles. The van der Waals surface area contributed by atoms with Crippen LogP contribution in [-0.2, 0) is 6.42 Å². The molecule has 1 aromatic carbocycles. The lowest BCUT2D eigenvalue weighted by molar-refractivity contribution is 0.240. The Labute approximate surface area is 153 Å². The predicted molar refractivity (Wildman–Crippen MR) is 106 cm³/mol. The van der Waals surface area contributed by atoms with Gasteiger partial charge in [0.1, 0.15) is 0 Å². The van der Waals surface area contributed by atoms with Crippen molar-refractivity contribution in [2.45, 2.75) is 25.8 Å². The lowest BCUT2D eigenvalue weighted by atomic mass is 10.1. The van der Waals surface area contributed by atoms with Crippen LogP contribution in [0.3, 0.4) is 0 Å². The second-order valence-electron chi connectivity index (χ2n) is 6.67. The van der Waals surface area contributed by atoms with E-state index in [4.69, 9.17) is 4.98 Å². The lowest BCUT2D eigenvalue weighted by Crippen LogP contribution is -2.33. The predicted octanol–water partition coefficient (Wildman–Crippen LogP) is 4.24. The Morgan fingerprint density at radius 1 is 1.16 bits per heavy atom. The van der Waals surface area contributed by atoms with Crippen molar-refractivity contribution in [1.29, 1.82) is 0 Å². The molecule has 130 valence electrons. The third-order valence-electron chi connectivity index (χ3n) is 4.99. The van der Waals surface area contributed by atoms with Gasteiger partial charge in [0.2, 0.25) is 0 Å². The number of nitrogens with zero attached hydrogens (tertiary/aromatic N) is 2. The van der Waals surface area contributed by atoms with Crippen LogP contribution in [-0.4, -0.2) is 36.1 Å². The normalized spacial score (nSPS) is 17.5. The van der Waals surface area contributed by atoms with Crippen molar-refractivity contribution in [3.05, 3.63) is 64.8 Å². The third-order valence-corrected chi connectivity index (χ3v) is 6.16. The summed E-state index contributed by atoms with van der Waals surface area (Å²) >= 11 is 1.91. The van der Waals surface area contributed by atoms with E-state index in [1.165, 1.54) is 32.6 Å². The fourth-order valence-electron chi connectivity index (χ4n) is 3.58. The second-order valence-corrected chi connectivity index (χ2v) is 7.79. The number of thiophene rings is 1. The molecule has 1 saturated heterocycles. The fourth-order valence-corrected chi connectivity index (χ4v) is 4.79. The highest BCUT2D eigenvalue weighted by atomic mass is 32.1. The lowest BCUT2D eigenvalue weighted by Gasteiger charge is -2.29. The summed E-state index contributed by atoms with van der Waals surface area (Å²) in [5.41, 5.74) is 2.47. The minimum Gasteiger partial charge on any atom is -0.315 e. The Morgan fingerprint density at radius 3 is 2.88 bits per heavy atom. The van der Waals surface area contributed by atoms with E-state index in [0.717, 1.165) is 32.6 Å². The molecule has 3 aromatic rings. The fraction of sp³-hybridized carbons (Fsp3) is 0.381. The summed E-state index contributed by atoms with van der Waals surface area (Å²) in [6.45, 7) is 6.52. The van der Waals surface area contributed by atoms with Crippen LogP contribution in [0, 0.1) is 0 Å². The molecule has 0 spiro atoms. The van der Waals surface area contributed by atoms with E-state index in [9.17, 15) is 0 Å². The van der Waals surface area contributed by atoms with Crippen molar-refractivity contribution in [3.63, 3.8) is 0 Å². The summed E-state index contributed by atoms with van der Waals surface area (Å²) < 4.78 is 1.36. The van der Waals surface area contributed by atoms with Crippen molar-refractivity contribution in [3.8, 4) is 0 Å². The zero-order valence-electron chi connectivity index (χ0n) is 14.7. The van der Waals surface area contributed by atoms with E-state index in [0.29, 0.717) is 0 Å².